The van der Waals surface area contributed by atoms with Gasteiger partial charge in [0.05, 0.1) is 0 Å². The smallest absolute Gasteiger partial charge is 0.326 e. The molecule has 106 valence electrons. The molecule has 0 heterocycles. The Morgan fingerprint density at radius 3 is 2.33 bits per heavy atom. The standard InChI is InChI=1S/C13H25NO4/c1-3-4-5-6-7-8-9-11(13(16)17)14-12(15)10-18-2/h11H,3-10H2,1-2H3,(H,14,15)(H,16,17)/t11-/m0/s1. The van der Waals surface area contributed by atoms with Crippen LogP contribution in [0.25, 0.3) is 0 Å². The van der Waals surface area contributed by atoms with Crippen LogP contribution in [0.15, 0.2) is 0 Å². The summed E-state index contributed by atoms with van der Waals surface area (Å²) in [6.07, 6.45) is 7.09. The van der Waals surface area contributed by atoms with Gasteiger partial charge in [-0.25, -0.2) is 4.79 Å². The van der Waals surface area contributed by atoms with Crippen LogP contribution in [0.5, 0.6) is 0 Å². The number of unbranched alkanes of at least 4 members (excludes halogenated alkanes) is 5. The van der Waals surface area contributed by atoms with Crippen molar-refractivity contribution >= 4 is 11.9 Å². The molecule has 0 aliphatic heterocycles. The van der Waals surface area contributed by atoms with E-state index in [0.29, 0.717) is 6.42 Å². The molecule has 5 heteroatoms. The molecule has 18 heavy (non-hydrogen) atoms. The average Bonchev–Trinajstić information content (AvgIpc) is 2.32. The van der Waals surface area contributed by atoms with Crippen molar-refractivity contribution < 1.29 is 19.4 Å². The summed E-state index contributed by atoms with van der Waals surface area (Å²) in [6, 6.07) is -0.793. The first-order chi connectivity index (χ1) is 8.61. The molecule has 0 saturated heterocycles. The monoisotopic (exact) mass is 259 g/mol. The summed E-state index contributed by atoms with van der Waals surface area (Å²) < 4.78 is 4.65. The molecular formula is C13H25NO4. The third-order valence-corrected chi connectivity index (χ3v) is 2.76. The predicted octanol–water partition coefficient (Wildman–Crippen LogP) is 1.95. The van der Waals surface area contributed by atoms with Crippen molar-refractivity contribution in [1.29, 1.82) is 0 Å². The van der Waals surface area contributed by atoms with E-state index >= 15 is 0 Å². The lowest BCUT2D eigenvalue weighted by Gasteiger charge is -2.14. The molecule has 0 aliphatic carbocycles. The molecule has 0 aromatic carbocycles. The maximum Gasteiger partial charge on any atom is 0.326 e. The number of amides is 1. The van der Waals surface area contributed by atoms with E-state index in [1.807, 2.05) is 0 Å². The number of carbonyl (C=O) groups excluding carboxylic acids is 1. The van der Waals surface area contributed by atoms with Gasteiger partial charge >= 0.3 is 5.97 Å². The highest BCUT2D eigenvalue weighted by atomic mass is 16.5. The van der Waals surface area contributed by atoms with Gasteiger partial charge in [-0.3, -0.25) is 4.79 Å². The van der Waals surface area contributed by atoms with Gasteiger partial charge in [-0.05, 0) is 6.42 Å². The number of nitrogens with one attached hydrogen (secondary N) is 1. The average molecular weight is 259 g/mol. The highest BCUT2D eigenvalue weighted by Crippen LogP contribution is 2.08. The molecule has 2 N–H and O–H groups in total. The lowest BCUT2D eigenvalue weighted by atomic mass is 10.1. The van der Waals surface area contributed by atoms with Crippen LogP contribution in [0, 0.1) is 0 Å². The number of ether oxygens (including phenoxy) is 1. The van der Waals surface area contributed by atoms with Gasteiger partial charge in [-0.2, -0.15) is 0 Å². The fourth-order valence-corrected chi connectivity index (χ4v) is 1.75. The highest BCUT2D eigenvalue weighted by Gasteiger charge is 2.18. The summed E-state index contributed by atoms with van der Waals surface area (Å²) in [5, 5.41) is 11.4. The first-order valence-electron chi connectivity index (χ1n) is 6.63. The molecule has 1 atom stereocenters. The second kappa shape index (κ2) is 11.0. The van der Waals surface area contributed by atoms with Crippen LogP contribution < -0.4 is 5.32 Å². The van der Waals surface area contributed by atoms with Crippen LogP contribution in [0.3, 0.4) is 0 Å². The van der Waals surface area contributed by atoms with Crippen molar-refractivity contribution in [3.05, 3.63) is 0 Å². The summed E-state index contributed by atoms with van der Waals surface area (Å²) in [7, 11) is 1.41. The van der Waals surface area contributed by atoms with Gasteiger partial charge in [-0.15, -0.1) is 0 Å². The second-order valence-electron chi connectivity index (χ2n) is 4.45. The fourth-order valence-electron chi connectivity index (χ4n) is 1.75. The SMILES string of the molecule is CCCCCCCC[C@H](NC(=O)COC)C(=O)O. The number of hydrogen-bond donors (Lipinski definition) is 2. The minimum Gasteiger partial charge on any atom is -0.480 e. The highest BCUT2D eigenvalue weighted by molar-refractivity contribution is 5.84. The van der Waals surface area contributed by atoms with Crippen molar-refractivity contribution in [2.75, 3.05) is 13.7 Å². The molecule has 0 radical (unpaired) electrons. The molecule has 1 amide bonds. The number of carbonyl (C=O) groups is 2. The molecular weight excluding hydrogens is 234 g/mol. The number of aliphatic carboxylic acids is 1. The molecule has 0 saturated carbocycles. The van der Waals surface area contributed by atoms with E-state index in [1.54, 1.807) is 0 Å². The Morgan fingerprint density at radius 2 is 1.78 bits per heavy atom. The number of hydrogen-bond acceptors (Lipinski definition) is 3. The van der Waals surface area contributed by atoms with Crippen LogP contribution in [-0.4, -0.2) is 36.7 Å². The van der Waals surface area contributed by atoms with E-state index in [2.05, 4.69) is 17.0 Å². The van der Waals surface area contributed by atoms with Gasteiger partial charge in [0.25, 0.3) is 0 Å². The van der Waals surface area contributed by atoms with Crippen LogP contribution in [0.4, 0.5) is 0 Å². The van der Waals surface area contributed by atoms with Crippen molar-refractivity contribution in [1.82, 2.24) is 5.32 Å². The molecule has 0 fully saturated rings. The van der Waals surface area contributed by atoms with Gasteiger partial charge in [0.15, 0.2) is 0 Å². The molecule has 0 aliphatic rings. The number of carboxylic acid groups (broad SMARTS) is 1. The maximum absolute atomic E-state index is 11.2. The lowest BCUT2D eigenvalue weighted by Crippen LogP contribution is -2.42. The minimum atomic E-state index is -0.979. The first-order valence-corrected chi connectivity index (χ1v) is 6.63. The Bertz CT molecular complexity index is 243. The molecule has 0 rings (SSSR count). The van der Waals surface area contributed by atoms with Gasteiger partial charge in [-0.1, -0.05) is 45.4 Å². The largest absolute Gasteiger partial charge is 0.480 e. The van der Waals surface area contributed by atoms with E-state index < -0.39 is 12.0 Å². The van der Waals surface area contributed by atoms with Crippen LogP contribution >= 0.6 is 0 Å². The lowest BCUT2D eigenvalue weighted by molar-refractivity contribution is -0.142. The topological polar surface area (TPSA) is 75.6 Å². The van der Waals surface area contributed by atoms with Crippen molar-refractivity contribution in [2.45, 2.75) is 57.9 Å². The fraction of sp³-hybridized carbons (Fsp3) is 0.846. The molecule has 0 aromatic rings. The third-order valence-electron chi connectivity index (χ3n) is 2.76. The summed E-state index contributed by atoms with van der Waals surface area (Å²) in [5.74, 6) is -1.36. The van der Waals surface area contributed by atoms with Crippen molar-refractivity contribution in [2.24, 2.45) is 0 Å². The van der Waals surface area contributed by atoms with Crippen molar-refractivity contribution in [3.63, 3.8) is 0 Å². The zero-order valence-electron chi connectivity index (χ0n) is 11.4. The van der Waals surface area contributed by atoms with E-state index in [1.165, 1.54) is 26.4 Å². The zero-order chi connectivity index (χ0) is 13.8. The Balaban J connectivity index is 3.77. The summed E-state index contributed by atoms with van der Waals surface area (Å²) in [4.78, 5) is 22.2. The summed E-state index contributed by atoms with van der Waals surface area (Å²) in [6.45, 7) is 2.06. The van der Waals surface area contributed by atoms with E-state index in [4.69, 9.17) is 5.11 Å². The Hall–Kier alpha value is -1.10. The normalized spacial score (nSPS) is 12.1. The summed E-state index contributed by atoms with van der Waals surface area (Å²) in [5.41, 5.74) is 0. The van der Waals surface area contributed by atoms with Gasteiger partial charge in [0, 0.05) is 7.11 Å². The number of rotatable bonds is 11. The molecule has 0 spiro atoms. The molecule has 0 aromatic heterocycles. The molecule has 5 nitrogen and oxygen atoms in total. The quantitative estimate of drug-likeness (QED) is 0.556. The Morgan fingerprint density at radius 1 is 1.17 bits per heavy atom. The van der Waals surface area contributed by atoms with Crippen LogP contribution in [0.1, 0.15) is 51.9 Å². The zero-order valence-corrected chi connectivity index (χ0v) is 11.4. The first kappa shape index (κ1) is 16.9. The van der Waals surface area contributed by atoms with Gasteiger partial charge in [0.1, 0.15) is 12.6 Å². The second-order valence-corrected chi connectivity index (χ2v) is 4.45. The van der Waals surface area contributed by atoms with Crippen molar-refractivity contribution in [3.8, 4) is 0 Å². The summed E-state index contributed by atoms with van der Waals surface area (Å²) >= 11 is 0. The minimum absolute atomic E-state index is 0.0969. The van der Waals surface area contributed by atoms with E-state index in [0.717, 1.165) is 19.3 Å². The maximum atomic E-state index is 11.2. The van der Waals surface area contributed by atoms with Crippen LogP contribution in [-0.2, 0) is 14.3 Å². The van der Waals surface area contributed by atoms with Crippen LogP contribution in [0.2, 0.25) is 0 Å². The van der Waals surface area contributed by atoms with Gasteiger partial charge < -0.3 is 15.2 Å². The Labute approximate surface area is 109 Å². The number of methoxy groups -OCH3 is 1. The predicted molar refractivity (Wildman–Crippen MR) is 69.4 cm³/mol. The molecule has 0 unspecified atom stereocenters. The third kappa shape index (κ3) is 8.98. The van der Waals surface area contributed by atoms with Gasteiger partial charge in [0.2, 0.25) is 5.91 Å². The molecule has 0 bridgehead atoms. The number of carboxylic acids is 1. The van der Waals surface area contributed by atoms with E-state index in [9.17, 15) is 9.59 Å². The van der Waals surface area contributed by atoms with E-state index in [-0.39, 0.29) is 12.5 Å². The Kier molecular flexibility index (Phi) is 10.3.